The van der Waals surface area contributed by atoms with Gasteiger partial charge in [0.05, 0.1) is 11.0 Å². The molecule has 4 aromatic carbocycles. The van der Waals surface area contributed by atoms with E-state index < -0.39 is 29.7 Å². The largest absolute Gasteiger partial charge is 0.241 e. The second-order valence-electron chi connectivity index (χ2n) is 9.59. The van der Waals surface area contributed by atoms with Gasteiger partial charge in [0.15, 0.2) is 5.97 Å². The summed E-state index contributed by atoms with van der Waals surface area (Å²) in [5.41, 5.74) is 2.67. The van der Waals surface area contributed by atoms with Crippen LogP contribution in [0.3, 0.4) is 0 Å². The minimum Gasteiger partial charge on any atom is -0.241 e. The molecule has 0 N–H and O–H groups in total. The third-order valence-electron chi connectivity index (χ3n) is 7.23. The maximum Gasteiger partial charge on any atom is 0.216 e. The third kappa shape index (κ3) is 3.89. The highest BCUT2D eigenvalue weighted by molar-refractivity contribution is 6.15. The molecule has 0 spiro atoms. The number of nitriles is 2. The molecule has 12 heteroatoms. The van der Waals surface area contributed by atoms with Gasteiger partial charge < -0.3 is 0 Å². The van der Waals surface area contributed by atoms with Gasteiger partial charge in [-0.25, -0.2) is 9.97 Å². The molecule has 1 atom stereocenters. The van der Waals surface area contributed by atoms with Gasteiger partial charge in [-0.2, -0.15) is 48.0 Å². The zero-order chi connectivity index (χ0) is 29.1. The molecule has 0 saturated heterocycles. The second-order valence-corrected chi connectivity index (χ2v) is 9.59. The van der Waals surface area contributed by atoms with Crippen LogP contribution < -0.4 is 10.7 Å². The lowest BCUT2D eigenvalue weighted by Gasteiger charge is -2.15. The molecule has 2 aromatic heterocycles. The Morgan fingerprint density at radius 1 is 0.667 bits per heavy atom. The van der Waals surface area contributed by atoms with Crippen LogP contribution in [0.1, 0.15) is 17.9 Å². The Hall–Kier alpha value is -5.88. The number of hydrogen-bond donors (Lipinski definition) is 0. The number of benzene rings is 2. The second kappa shape index (κ2) is 9.35. The van der Waals surface area contributed by atoms with Crippen molar-refractivity contribution in [2.75, 3.05) is 0 Å². The van der Waals surface area contributed by atoms with Gasteiger partial charge in [0.2, 0.25) is 30.2 Å². The van der Waals surface area contributed by atoms with E-state index in [-0.39, 0.29) is 22.7 Å². The normalized spacial score (nSPS) is 16.3. The number of fused-ring (bicyclic) bond motifs is 6. The van der Waals surface area contributed by atoms with Gasteiger partial charge in [-0.05, 0) is 34.9 Å². The van der Waals surface area contributed by atoms with Crippen molar-refractivity contribution in [3.63, 3.8) is 0 Å². The van der Waals surface area contributed by atoms with Gasteiger partial charge in [0.1, 0.15) is 21.7 Å². The van der Waals surface area contributed by atoms with Crippen molar-refractivity contribution in [1.82, 2.24) is 15.0 Å². The summed E-state index contributed by atoms with van der Waals surface area (Å²) < 4.78 is 55.3. The van der Waals surface area contributed by atoms with Crippen LogP contribution >= 0.6 is 0 Å². The summed E-state index contributed by atoms with van der Waals surface area (Å²) >= 11 is 0. The topological polar surface area (TPSA) is 123 Å². The summed E-state index contributed by atoms with van der Waals surface area (Å²) in [6.45, 7) is 0. The van der Waals surface area contributed by atoms with Gasteiger partial charge in [-0.1, -0.05) is 24.3 Å². The van der Waals surface area contributed by atoms with E-state index in [1.54, 1.807) is 48.8 Å². The van der Waals surface area contributed by atoms with Crippen molar-refractivity contribution in [1.29, 1.82) is 10.5 Å². The van der Waals surface area contributed by atoms with E-state index in [0.29, 0.717) is 54.7 Å². The zero-order valence-electron chi connectivity index (χ0n) is 21.1. The highest BCUT2D eigenvalue weighted by atomic mass is 19.2. The number of nitrogens with zero attached hydrogens (tertiary/aromatic N) is 8. The van der Waals surface area contributed by atoms with Crippen molar-refractivity contribution in [2.45, 2.75) is 12.3 Å². The van der Waals surface area contributed by atoms with Crippen LogP contribution in [0, 0.1) is 34.8 Å². The monoisotopic (exact) mass is 560 g/mol. The molecule has 0 saturated carbocycles. The Morgan fingerprint density at radius 2 is 1.26 bits per heavy atom. The predicted molar refractivity (Wildman–Crippen MR) is 145 cm³/mol. The molecule has 1 aliphatic heterocycles. The summed E-state index contributed by atoms with van der Waals surface area (Å²) in [5.74, 6) is -4.30. The molecule has 200 valence electrons. The lowest BCUT2D eigenvalue weighted by atomic mass is 9.93. The number of aliphatic imine (C=N–C) groups is 1. The molecular formula is C30H12F4N8. The van der Waals surface area contributed by atoms with E-state index in [9.17, 15) is 28.1 Å². The number of rotatable bonds is 2. The SMILES string of the molecule is N#C/N=c1/c2cc(-c3cc(F)nc(F)c3)ccc2c2nc3/c(=N/C#N)c4cc(C5C=C(F)N=C(F)C5)ccc4c3nc12. The number of allylic oxidation sites excluding steroid dienone is 1. The first-order valence-electron chi connectivity index (χ1n) is 12.4. The summed E-state index contributed by atoms with van der Waals surface area (Å²) in [7, 11) is 0. The van der Waals surface area contributed by atoms with Crippen LogP contribution in [-0.4, -0.2) is 20.9 Å². The molecule has 6 aromatic rings. The highest BCUT2D eigenvalue weighted by Crippen LogP contribution is 2.34. The molecule has 0 aliphatic carbocycles. The highest BCUT2D eigenvalue weighted by Gasteiger charge is 2.22. The molecule has 0 fully saturated rings. The van der Waals surface area contributed by atoms with Gasteiger partial charge in [0.25, 0.3) is 0 Å². The quantitative estimate of drug-likeness (QED) is 0.116. The van der Waals surface area contributed by atoms with Crippen molar-refractivity contribution < 1.29 is 17.6 Å². The third-order valence-corrected chi connectivity index (χ3v) is 7.23. The van der Waals surface area contributed by atoms with Gasteiger partial charge in [0, 0.05) is 46.0 Å². The molecule has 8 nitrogen and oxygen atoms in total. The molecule has 42 heavy (non-hydrogen) atoms. The Balaban J connectivity index is 1.51. The van der Waals surface area contributed by atoms with Crippen LogP contribution in [0.2, 0.25) is 0 Å². The maximum atomic E-state index is 13.9. The van der Waals surface area contributed by atoms with E-state index in [1.165, 1.54) is 6.08 Å². The van der Waals surface area contributed by atoms with Crippen LogP contribution in [-0.2, 0) is 0 Å². The smallest absolute Gasteiger partial charge is 0.216 e. The zero-order valence-corrected chi connectivity index (χ0v) is 21.1. The molecule has 0 radical (unpaired) electrons. The Morgan fingerprint density at radius 3 is 1.86 bits per heavy atom. The Kier molecular flexibility index (Phi) is 5.59. The van der Waals surface area contributed by atoms with Crippen LogP contribution in [0.25, 0.3) is 54.7 Å². The first-order chi connectivity index (χ1) is 20.3. The molecule has 0 bridgehead atoms. The molecule has 1 aliphatic rings. The Bertz CT molecular complexity index is 2400. The van der Waals surface area contributed by atoms with Gasteiger partial charge in [-0.3, -0.25) is 0 Å². The van der Waals surface area contributed by atoms with E-state index in [2.05, 4.69) is 20.0 Å². The number of pyridine rings is 1. The van der Waals surface area contributed by atoms with Crippen molar-refractivity contribution in [3.8, 4) is 23.5 Å². The molecule has 7 rings (SSSR count). The standard InChI is InChI=1S/C30H12F4N8/c31-21-7-15(8-22(32)39-21)13-1-3-17-19(5-13)25(37-11-35)29-27(17)41-30-26(38-12-36)20-6-14(2-4-18(20)28(30)42-29)16-9-23(33)40-24(34)10-16/h1-9,16H,10H2/b37-25-,38-26+. The summed E-state index contributed by atoms with van der Waals surface area (Å²) in [6.07, 6.45) is 4.69. The van der Waals surface area contributed by atoms with Crippen molar-refractivity contribution >= 4 is 49.6 Å². The number of hydrogen-bond acceptors (Lipinski definition) is 8. The van der Waals surface area contributed by atoms with Gasteiger partial charge in [-0.15, -0.1) is 0 Å². The first-order valence-corrected chi connectivity index (χ1v) is 12.4. The fraction of sp³-hybridized carbons (Fsp3) is 0.0667. The molecule has 3 heterocycles. The minimum absolute atomic E-state index is 0.111. The first kappa shape index (κ1) is 25.1. The summed E-state index contributed by atoms with van der Waals surface area (Å²) in [5, 5.41) is 21.6. The van der Waals surface area contributed by atoms with Crippen LogP contribution in [0.5, 0.6) is 0 Å². The van der Waals surface area contributed by atoms with Crippen molar-refractivity contribution in [3.05, 3.63) is 88.7 Å². The minimum atomic E-state index is -0.978. The van der Waals surface area contributed by atoms with E-state index >= 15 is 0 Å². The van der Waals surface area contributed by atoms with E-state index in [0.717, 1.165) is 12.1 Å². The maximum absolute atomic E-state index is 13.9. The summed E-state index contributed by atoms with van der Waals surface area (Å²) in [6, 6.07) is 12.3. The van der Waals surface area contributed by atoms with Crippen molar-refractivity contribution in [2.24, 2.45) is 15.0 Å². The lowest BCUT2D eigenvalue weighted by Crippen LogP contribution is -2.07. The molecule has 0 amide bonds. The Labute approximate surface area is 232 Å². The van der Waals surface area contributed by atoms with E-state index in [1.807, 2.05) is 0 Å². The average molecular weight is 560 g/mol. The number of aromatic nitrogens is 3. The van der Waals surface area contributed by atoms with E-state index in [4.69, 9.17) is 9.97 Å². The fourth-order valence-corrected chi connectivity index (χ4v) is 5.49. The average Bonchev–Trinajstić information content (AvgIpc) is 3.42. The fourth-order valence-electron chi connectivity index (χ4n) is 5.49. The summed E-state index contributed by atoms with van der Waals surface area (Å²) in [4.78, 5) is 23.9. The lowest BCUT2D eigenvalue weighted by molar-refractivity contribution is 0.513. The van der Waals surface area contributed by atoms with Gasteiger partial charge >= 0.3 is 0 Å². The predicted octanol–water partition coefficient (Wildman–Crippen LogP) is 5.73. The number of halogens is 4. The van der Waals surface area contributed by atoms with Crippen LogP contribution in [0.15, 0.2) is 75.5 Å². The molecule has 1 unspecified atom stereocenters. The molecular weight excluding hydrogens is 548 g/mol. The van der Waals surface area contributed by atoms with Crippen LogP contribution in [0.4, 0.5) is 17.6 Å².